The van der Waals surface area contributed by atoms with Gasteiger partial charge < -0.3 is 14.8 Å². The minimum Gasteiger partial charge on any atom is -0.496 e. The molecule has 0 aromatic heterocycles. The first-order chi connectivity index (χ1) is 12.0. The molecule has 4 nitrogen and oxygen atoms in total. The molecule has 0 aliphatic rings. The summed E-state index contributed by atoms with van der Waals surface area (Å²) in [5.74, 6) is 1.60. The maximum Gasteiger partial charge on any atom is 0.387 e. The Hall–Kier alpha value is -2.28. The molecule has 25 heavy (non-hydrogen) atoms. The number of hydrogen-bond donors (Lipinski definition) is 1. The highest BCUT2D eigenvalue weighted by molar-refractivity contribution is 7.99. The second-order valence-corrected chi connectivity index (χ2v) is 6.24. The number of rotatable bonds is 8. The average molecular weight is 367 g/mol. The molecular weight excluding hydrogens is 348 g/mol. The highest BCUT2D eigenvalue weighted by Crippen LogP contribution is 2.24. The molecule has 0 unspecified atom stereocenters. The van der Waals surface area contributed by atoms with Gasteiger partial charge in [0.25, 0.3) is 0 Å². The summed E-state index contributed by atoms with van der Waals surface area (Å²) in [6.45, 7) is -0.864. The quantitative estimate of drug-likeness (QED) is 0.747. The molecule has 0 bridgehead atoms. The van der Waals surface area contributed by atoms with Crippen molar-refractivity contribution in [2.45, 2.75) is 19.3 Å². The van der Waals surface area contributed by atoms with E-state index in [1.54, 1.807) is 7.11 Å². The first kappa shape index (κ1) is 19.1. The molecule has 0 fully saturated rings. The number of methoxy groups -OCH3 is 1. The number of alkyl halides is 2. The fraction of sp³-hybridized carbons (Fsp3) is 0.278. The Bertz CT molecular complexity index is 708. The Labute approximate surface area is 149 Å². The Balaban J connectivity index is 1.82. The summed E-state index contributed by atoms with van der Waals surface area (Å²) in [6.07, 6.45) is 0. The second kappa shape index (κ2) is 9.27. The van der Waals surface area contributed by atoms with Gasteiger partial charge in [-0.1, -0.05) is 17.7 Å². The van der Waals surface area contributed by atoms with E-state index in [4.69, 9.17) is 4.74 Å². The van der Waals surface area contributed by atoms with E-state index in [1.165, 1.54) is 36.0 Å². The predicted octanol–water partition coefficient (Wildman–Crippen LogP) is 4.48. The Morgan fingerprint density at radius 3 is 2.56 bits per heavy atom. The first-order valence-corrected chi connectivity index (χ1v) is 8.69. The topological polar surface area (TPSA) is 47.6 Å². The van der Waals surface area contributed by atoms with Gasteiger partial charge in [0, 0.05) is 17.0 Å². The monoisotopic (exact) mass is 367 g/mol. The van der Waals surface area contributed by atoms with Crippen molar-refractivity contribution in [3.8, 4) is 11.5 Å². The van der Waals surface area contributed by atoms with Gasteiger partial charge in [0.2, 0.25) is 5.91 Å². The van der Waals surface area contributed by atoms with E-state index in [-0.39, 0.29) is 17.4 Å². The summed E-state index contributed by atoms with van der Waals surface area (Å²) >= 11 is 1.47. The molecule has 2 aromatic rings. The van der Waals surface area contributed by atoms with Crippen LogP contribution in [0.2, 0.25) is 0 Å². The molecule has 1 amide bonds. The van der Waals surface area contributed by atoms with Crippen molar-refractivity contribution in [3.63, 3.8) is 0 Å². The molecule has 134 valence electrons. The number of carbonyl (C=O) groups excluding carboxylic acids is 1. The minimum atomic E-state index is -2.87. The molecule has 2 rings (SSSR count). The molecule has 0 saturated carbocycles. The summed E-state index contributed by atoms with van der Waals surface area (Å²) in [6, 6.07) is 11.7. The van der Waals surface area contributed by atoms with Gasteiger partial charge in [0.15, 0.2) is 0 Å². The number of thioether (sulfide) groups is 1. The number of aryl methyl sites for hydroxylation is 1. The molecule has 0 saturated heterocycles. The smallest absolute Gasteiger partial charge is 0.387 e. The second-order valence-electron chi connectivity index (χ2n) is 5.26. The molecule has 0 radical (unpaired) electrons. The molecule has 0 aliphatic carbocycles. The lowest BCUT2D eigenvalue weighted by atomic mass is 10.1. The summed E-state index contributed by atoms with van der Waals surface area (Å²) in [7, 11) is 1.62. The van der Waals surface area contributed by atoms with Gasteiger partial charge in [-0.25, -0.2) is 0 Å². The van der Waals surface area contributed by atoms with Crippen LogP contribution in [0.25, 0.3) is 0 Å². The molecular formula is C18H19F2NO3S. The molecule has 0 heterocycles. The average Bonchev–Trinajstić information content (AvgIpc) is 2.56. The van der Waals surface area contributed by atoms with Crippen molar-refractivity contribution < 1.29 is 23.0 Å². The van der Waals surface area contributed by atoms with E-state index in [9.17, 15) is 13.6 Å². The van der Waals surface area contributed by atoms with Gasteiger partial charge in [-0.2, -0.15) is 8.78 Å². The molecule has 0 spiro atoms. The lowest BCUT2D eigenvalue weighted by molar-refractivity contribution is -0.113. The molecule has 0 aliphatic heterocycles. The highest BCUT2D eigenvalue weighted by Gasteiger charge is 2.08. The zero-order valence-electron chi connectivity index (χ0n) is 13.9. The lowest BCUT2D eigenvalue weighted by Gasteiger charge is -2.10. The summed E-state index contributed by atoms with van der Waals surface area (Å²) in [4.78, 5) is 12.0. The predicted molar refractivity (Wildman–Crippen MR) is 95.6 cm³/mol. The third-order valence-corrected chi connectivity index (χ3v) is 4.27. The van der Waals surface area contributed by atoms with Crippen LogP contribution < -0.4 is 14.8 Å². The molecule has 2 aromatic carbocycles. The van der Waals surface area contributed by atoms with E-state index >= 15 is 0 Å². The van der Waals surface area contributed by atoms with Crippen LogP contribution in [0, 0.1) is 6.92 Å². The number of hydrogen-bond acceptors (Lipinski definition) is 4. The van der Waals surface area contributed by atoms with Crippen molar-refractivity contribution in [3.05, 3.63) is 53.6 Å². The zero-order chi connectivity index (χ0) is 18.2. The van der Waals surface area contributed by atoms with Gasteiger partial charge in [0.1, 0.15) is 11.5 Å². The number of carbonyl (C=O) groups is 1. The number of benzene rings is 2. The number of anilines is 1. The summed E-state index contributed by atoms with van der Waals surface area (Å²) < 4.78 is 33.7. The van der Waals surface area contributed by atoms with E-state index in [0.717, 1.165) is 16.9 Å². The van der Waals surface area contributed by atoms with Crippen LogP contribution in [0.15, 0.2) is 42.5 Å². The Morgan fingerprint density at radius 2 is 1.92 bits per heavy atom. The first-order valence-electron chi connectivity index (χ1n) is 7.54. The maximum absolute atomic E-state index is 12.1. The third-order valence-electron chi connectivity index (χ3n) is 3.29. The minimum absolute atomic E-state index is 0.0499. The van der Waals surface area contributed by atoms with E-state index in [0.29, 0.717) is 11.4 Å². The largest absolute Gasteiger partial charge is 0.496 e. The van der Waals surface area contributed by atoms with E-state index < -0.39 is 6.61 Å². The SMILES string of the molecule is COc1ccc(C)cc1CSCC(=O)Nc1ccc(OC(F)F)cc1. The number of halogens is 2. The number of nitrogens with one attached hydrogen (secondary N) is 1. The molecule has 0 atom stereocenters. The van der Waals surface area contributed by atoms with Crippen LogP contribution in [0.5, 0.6) is 11.5 Å². The lowest BCUT2D eigenvalue weighted by Crippen LogP contribution is -2.14. The highest BCUT2D eigenvalue weighted by atomic mass is 32.2. The normalized spacial score (nSPS) is 10.6. The van der Waals surface area contributed by atoms with Gasteiger partial charge in [0.05, 0.1) is 12.9 Å². The van der Waals surface area contributed by atoms with E-state index in [2.05, 4.69) is 10.1 Å². The van der Waals surface area contributed by atoms with Crippen LogP contribution in [0.4, 0.5) is 14.5 Å². The van der Waals surface area contributed by atoms with Crippen molar-refractivity contribution in [2.24, 2.45) is 0 Å². The Kier molecular flexibility index (Phi) is 7.06. The standard InChI is InChI=1S/C18H19F2NO3S/c1-12-3-8-16(23-2)13(9-12)10-25-11-17(22)21-14-4-6-15(7-5-14)24-18(19)20/h3-9,18H,10-11H2,1-2H3,(H,21,22). The molecule has 7 heteroatoms. The molecule has 1 N–H and O–H groups in total. The van der Waals surface area contributed by atoms with Gasteiger partial charge in [-0.3, -0.25) is 4.79 Å². The summed E-state index contributed by atoms with van der Waals surface area (Å²) in [5, 5.41) is 2.71. The van der Waals surface area contributed by atoms with Crippen LogP contribution in [-0.2, 0) is 10.5 Å². The van der Waals surface area contributed by atoms with Crippen LogP contribution in [0.3, 0.4) is 0 Å². The van der Waals surface area contributed by atoms with Gasteiger partial charge in [-0.15, -0.1) is 11.8 Å². The van der Waals surface area contributed by atoms with Crippen molar-refractivity contribution in [1.29, 1.82) is 0 Å². The third kappa shape index (κ3) is 6.26. The number of amides is 1. The van der Waals surface area contributed by atoms with E-state index in [1.807, 2.05) is 25.1 Å². The van der Waals surface area contributed by atoms with Crippen molar-refractivity contribution >= 4 is 23.4 Å². The Morgan fingerprint density at radius 1 is 1.20 bits per heavy atom. The van der Waals surface area contributed by atoms with Crippen molar-refractivity contribution in [1.82, 2.24) is 0 Å². The zero-order valence-corrected chi connectivity index (χ0v) is 14.7. The fourth-order valence-electron chi connectivity index (χ4n) is 2.19. The summed E-state index contributed by atoms with van der Waals surface area (Å²) in [5.41, 5.74) is 2.70. The van der Waals surface area contributed by atoms with Crippen LogP contribution in [-0.4, -0.2) is 25.4 Å². The van der Waals surface area contributed by atoms with Crippen LogP contribution in [0.1, 0.15) is 11.1 Å². The maximum atomic E-state index is 12.1. The van der Waals surface area contributed by atoms with Gasteiger partial charge >= 0.3 is 6.61 Å². The van der Waals surface area contributed by atoms with Gasteiger partial charge in [-0.05, 0) is 37.3 Å². The fourth-order valence-corrected chi connectivity index (χ4v) is 3.00. The van der Waals surface area contributed by atoms with Crippen LogP contribution >= 0.6 is 11.8 Å². The number of ether oxygens (including phenoxy) is 2. The van der Waals surface area contributed by atoms with Crippen molar-refractivity contribution in [2.75, 3.05) is 18.2 Å².